The second-order valence-electron chi connectivity index (χ2n) is 6.00. The Morgan fingerprint density at radius 2 is 1.38 bits per heavy atom. The van der Waals surface area contributed by atoms with Crippen molar-refractivity contribution in [1.82, 2.24) is 10.9 Å². The zero-order valence-electron chi connectivity index (χ0n) is 15.5. The average molecular weight is 398 g/mol. The van der Waals surface area contributed by atoms with Gasteiger partial charge in [-0.1, -0.05) is 36.4 Å². The second-order valence-corrected chi connectivity index (χ2v) is 6.00. The van der Waals surface area contributed by atoms with Crippen LogP contribution in [0, 0.1) is 0 Å². The molecule has 0 saturated heterocycles. The highest BCUT2D eigenvalue weighted by Crippen LogP contribution is 2.02. The maximum atomic E-state index is 12.1. The summed E-state index contributed by atoms with van der Waals surface area (Å²) in [5.74, 6) is -0.938. The molecule has 2 aromatic rings. The highest BCUT2D eigenvalue weighted by atomic mass is 16.4. The summed E-state index contributed by atoms with van der Waals surface area (Å²) in [5, 5.41) is 36.1. The van der Waals surface area contributed by atoms with E-state index in [2.05, 4.69) is 21.1 Å². The van der Waals surface area contributed by atoms with Crippen molar-refractivity contribution in [3.8, 4) is 0 Å². The molecule has 0 radical (unpaired) electrons. The number of amides is 2. The quantitative estimate of drug-likeness (QED) is 0.305. The molecule has 0 fully saturated rings. The highest BCUT2D eigenvalue weighted by Gasteiger charge is 2.17. The van der Waals surface area contributed by atoms with Crippen LogP contribution in [0.1, 0.15) is 27.1 Å². The van der Waals surface area contributed by atoms with Crippen LogP contribution in [0.2, 0.25) is 0 Å². The smallest absolute Gasteiger partial charge is 0.271 e. The van der Waals surface area contributed by atoms with Crippen LogP contribution in [-0.4, -0.2) is 57.9 Å². The summed E-state index contributed by atoms with van der Waals surface area (Å²) in [4.78, 5) is 24.1. The van der Waals surface area contributed by atoms with E-state index in [9.17, 15) is 19.8 Å². The van der Waals surface area contributed by atoms with Crippen LogP contribution >= 0.6 is 0 Å². The van der Waals surface area contributed by atoms with Gasteiger partial charge in [0, 0.05) is 17.5 Å². The van der Waals surface area contributed by atoms with E-state index in [-0.39, 0.29) is 12.1 Å². The SMILES string of the molecule is O=C(NN=C(/C=N\NC(=O)c1ccccc1)C[C@H](O)[C@H](O)CO)c1ccccc1. The summed E-state index contributed by atoms with van der Waals surface area (Å²) in [6.45, 7) is -0.646. The number of nitrogens with zero attached hydrogens (tertiary/aromatic N) is 2. The summed E-state index contributed by atoms with van der Waals surface area (Å²) >= 11 is 0. The van der Waals surface area contributed by atoms with Crippen molar-refractivity contribution >= 4 is 23.7 Å². The molecule has 9 nitrogen and oxygen atoms in total. The van der Waals surface area contributed by atoms with Crippen molar-refractivity contribution in [1.29, 1.82) is 0 Å². The molecule has 0 aliphatic rings. The summed E-state index contributed by atoms with van der Waals surface area (Å²) < 4.78 is 0. The Hall–Kier alpha value is -3.40. The molecule has 2 atom stereocenters. The summed E-state index contributed by atoms with van der Waals surface area (Å²) in [7, 11) is 0. The van der Waals surface area contributed by atoms with Gasteiger partial charge < -0.3 is 15.3 Å². The van der Waals surface area contributed by atoms with Crippen LogP contribution in [0.25, 0.3) is 0 Å². The summed E-state index contributed by atoms with van der Waals surface area (Å²) in [5.41, 5.74) is 5.48. The third-order valence-corrected chi connectivity index (χ3v) is 3.80. The van der Waals surface area contributed by atoms with Crippen molar-refractivity contribution in [3.05, 3.63) is 71.8 Å². The molecule has 2 aromatic carbocycles. The first-order chi connectivity index (χ1) is 14.0. The maximum absolute atomic E-state index is 12.1. The fourth-order valence-corrected chi connectivity index (χ4v) is 2.20. The molecule has 0 aromatic heterocycles. The summed E-state index contributed by atoms with van der Waals surface area (Å²) in [6, 6.07) is 16.8. The highest BCUT2D eigenvalue weighted by molar-refractivity contribution is 6.31. The topological polar surface area (TPSA) is 144 Å². The van der Waals surface area contributed by atoms with Crippen LogP contribution in [-0.2, 0) is 0 Å². The summed E-state index contributed by atoms with van der Waals surface area (Å²) in [6.07, 6.45) is -1.82. The van der Waals surface area contributed by atoms with Crippen LogP contribution in [0.15, 0.2) is 70.9 Å². The number of carbonyl (C=O) groups excluding carboxylic acids is 2. The minimum Gasteiger partial charge on any atom is -0.394 e. The number of aliphatic hydroxyl groups excluding tert-OH is 3. The van der Waals surface area contributed by atoms with E-state index in [1.165, 1.54) is 0 Å². The molecule has 0 unspecified atom stereocenters. The Labute approximate surface area is 167 Å². The van der Waals surface area contributed by atoms with E-state index in [1.54, 1.807) is 60.7 Å². The van der Waals surface area contributed by atoms with Crippen molar-refractivity contribution in [3.63, 3.8) is 0 Å². The van der Waals surface area contributed by atoms with Gasteiger partial charge in [-0.15, -0.1) is 0 Å². The molecule has 5 N–H and O–H groups in total. The molecule has 0 saturated carbocycles. The lowest BCUT2D eigenvalue weighted by molar-refractivity contribution is -0.00975. The van der Waals surface area contributed by atoms with Gasteiger partial charge in [-0.3, -0.25) is 9.59 Å². The Bertz CT molecular complexity index is 856. The number of carbonyl (C=O) groups is 2. The van der Waals surface area contributed by atoms with Crippen LogP contribution in [0.5, 0.6) is 0 Å². The van der Waals surface area contributed by atoms with Gasteiger partial charge >= 0.3 is 0 Å². The van der Waals surface area contributed by atoms with Crippen LogP contribution < -0.4 is 10.9 Å². The number of aliphatic hydroxyl groups is 3. The van der Waals surface area contributed by atoms with Crippen molar-refractivity contribution in [2.75, 3.05) is 6.61 Å². The van der Waals surface area contributed by atoms with Gasteiger partial charge in [0.1, 0.15) is 6.10 Å². The fraction of sp³-hybridized carbons (Fsp3) is 0.200. The van der Waals surface area contributed by atoms with Gasteiger partial charge in [-0.25, -0.2) is 10.9 Å². The zero-order chi connectivity index (χ0) is 21.1. The molecule has 0 bridgehead atoms. The number of nitrogens with one attached hydrogen (secondary N) is 2. The molecular weight excluding hydrogens is 376 g/mol. The predicted octanol–water partition coefficient (Wildman–Crippen LogP) is 0.292. The first-order valence-electron chi connectivity index (χ1n) is 8.78. The van der Waals surface area contributed by atoms with E-state index in [0.717, 1.165) is 6.21 Å². The Balaban J connectivity index is 2.07. The van der Waals surface area contributed by atoms with Crippen molar-refractivity contribution in [2.45, 2.75) is 18.6 Å². The predicted molar refractivity (Wildman–Crippen MR) is 107 cm³/mol. The lowest BCUT2D eigenvalue weighted by atomic mass is 10.1. The van der Waals surface area contributed by atoms with E-state index >= 15 is 0 Å². The zero-order valence-corrected chi connectivity index (χ0v) is 15.5. The number of rotatable bonds is 9. The molecule has 2 amide bonds. The standard InChI is InChI=1S/C20H22N4O5/c25-13-18(27)17(26)11-16(22-24-20(29)15-9-5-2-6-10-15)12-21-23-19(28)14-7-3-1-4-8-14/h1-10,12,17-18,25-27H,11,13H2,(H,23,28)(H,24,29)/b21-12-,22-16?/t17-,18+/m0/s1. The minimum atomic E-state index is -1.39. The number of hydrogen-bond donors (Lipinski definition) is 5. The second kappa shape index (κ2) is 11.4. The number of benzene rings is 2. The maximum Gasteiger partial charge on any atom is 0.271 e. The Morgan fingerprint density at radius 1 is 0.862 bits per heavy atom. The van der Waals surface area contributed by atoms with Crippen LogP contribution in [0.3, 0.4) is 0 Å². The monoisotopic (exact) mass is 398 g/mol. The molecular formula is C20H22N4O5. The average Bonchev–Trinajstić information content (AvgIpc) is 2.77. The van der Waals surface area contributed by atoms with Gasteiger partial charge in [0.05, 0.1) is 24.6 Å². The van der Waals surface area contributed by atoms with Gasteiger partial charge in [0.25, 0.3) is 11.8 Å². The molecule has 0 spiro atoms. The first-order valence-corrected chi connectivity index (χ1v) is 8.78. The van der Waals surface area contributed by atoms with Crippen LogP contribution in [0.4, 0.5) is 0 Å². The molecule has 0 heterocycles. The van der Waals surface area contributed by atoms with Crippen molar-refractivity contribution in [2.24, 2.45) is 10.2 Å². The number of hydrogen-bond acceptors (Lipinski definition) is 7. The Kier molecular flexibility index (Phi) is 8.64. The van der Waals surface area contributed by atoms with E-state index in [1.807, 2.05) is 0 Å². The minimum absolute atomic E-state index is 0.0719. The molecule has 2 rings (SSSR count). The molecule has 29 heavy (non-hydrogen) atoms. The van der Waals surface area contributed by atoms with Gasteiger partial charge in [-0.2, -0.15) is 10.2 Å². The third kappa shape index (κ3) is 7.26. The van der Waals surface area contributed by atoms with Gasteiger partial charge in [0.15, 0.2) is 0 Å². The van der Waals surface area contributed by atoms with Crippen molar-refractivity contribution < 1.29 is 24.9 Å². The normalized spacial score (nSPS) is 13.7. The lowest BCUT2D eigenvalue weighted by Crippen LogP contribution is -2.33. The van der Waals surface area contributed by atoms with E-state index in [4.69, 9.17) is 5.11 Å². The Morgan fingerprint density at radius 3 is 1.90 bits per heavy atom. The lowest BCUT2D eigenvalue weighted by Gasteiger charge is -2.15. The number of hydrazone groups is 2. The molecule has 0 aliphatic heterocycles. The third-order valence-electron chi connectivity index (χ3n) is 3.80. The van der Waals surface area contributed by atoms with Gasteiger partial charge in [0.2, 0.25) is 0 Å². The van der Waals surface area contributed by atoms with E-state index in [0.29, 0.717) is 11.1 Å². The fourth-order valence-electron chi connectivity index (χ4n) is 2.20. The molecule has 0 aliphatic carbocycles. The first kappa shape index (κ1) is 21.9. The van der Waals surface area contributed by atoms with E-state index < -0.39 is 30.6 Å². The largest absolute Gasteiger partial charge is 0.394 e. The van der Waals surface area contributed by atoms with Gasteiger partial charge in [-0.05, 0) is 24.3 Å². The molecule has 9 heteroatoms. The molecule has 152 valence electrons.